The van der Waals surface area contributed by atoms with Crippen LogP contribution in [0.1, 0.15) is 11.1 Å². The first kappa shape index (κ1) is 11.3. The van der Waals surface area contributed by atoms with E-state index in [1.165, 1.54) is 11.1 Å². The third-order valence-electron chi connectivity index (χ3n) is 2.21. The van der Waals surface area contributed by atoms with Gasteiger partial charge in [-0.15, -0.1) is 6.58 Å². The normalized spacial score (nSPS) is 10.8. The number of benzene rings is 1. The van der Waals surface area contributed by atoms with Crippen LogP contribution in [0.4, 0.5) is 0 Å². The van der Waals surface area contributed by atoms with E-state index < -0.39 is 0 Å². The molecule has 76 valence electrons. The molecule has 0 aliphatic heterocycles. The van der Waals surface area contributed by atoms with E-state index >= 15 is 0 Å². The molecule has 15 heavy (non-hydrogen) atoms. The van der Waals surface area contributed by atoms with Crippen molar-refractivity contribution in [1.82, 2.24) is 0 Å². The van der Waals surface area contributed by atoms with E-state index in [1.54, 1.807) is 6.08 Å². The van der Waals surface area contributed by atoms with E-state index in [-0.39, 0.29) is 0 Å². The van der Waals surface area contributed by atoms with Gasteiger partial charge in [0, 0.05) is 0 Å². The van der Waals surface area contributed by atoms with Crippen LogP contribution in [0, 0.1) is 0 Å². The predicted molar refractivity (Wildman–Crippen MR) is 68.7 cm³/mol. The zero-order chi connectivity index (χ0) is 11.1. The molecule has 0 spiro atoms. The van der Waals surface area contributed by atoms with E-state index in [0.29, 0.717) is 0 Å². The van der Waals surface area contributed by atoms with Crippen LogP contribution in [-0.2, 0) is 6.42 Å². The molecular weight excluding hydrogens is 180 g/mol. The smallest absolute Gasteiger partial charge is 0.00940 e. The standard InChI is InChI=1S/C15H16/c1-4-9-13(6-3)15-12-8-7-11-14(15)10-5-2/h4-9,11-12H,1-3,10H2/b13-9+. The molecule has 1 rings (SSSR count). The minimum absolute atomic E-state index is 0.874. The molecule has 0 nitrogen and oxygen atoms in total. The van der Waals surface area contributed by atoms with Crippen molar-refractivity contribution < 1.29 is 0 Å². The van der Waals surface area contributed by atoms with Crippen LogP contribution in [0.25, 0.3) is 5.57 Å². The second kappa shape index (κ2) is 5.82. The lowest BCUT2D eigenvalue weighted by atomic mass is 9.97. The Kier molecular flexibility index (Phi) is 4.36. The van der Waals surface area contributed by atoms with Crippen LogP contribution in [0.5, 0.6) is 0 Å². The zero-order valence-corrected chi connectivity index (χ0v) is 8.95. The van der Waals surface area contributed by atoms with Crippen molar-refractivity contribution in [3.63, 3.8) is 0 Å². The summed E-state index contributed by atoms with van der Waals surface area (Å²) in [6, 6.07) is 8.27. The van der Waals surface area contributed by atoms with Gasteiger partial charge >= 0.3 is 0 Å². The summed E-state index contributed by atoms with van der Waals surface area (Å²) in [6.45, 7) is 11.3. The van der Waals surface area contributed by atoms with E-state index in [2.05, 4.69) is 31.9 Å². The summed E-state index contributed by atoms with van der Waals surface area (Å²) in [6.07, 6.45) is 8.38. The van der Waals surface area contributed by atoms with Gasteiger partial charge in [0.1, 0.15) is 0 Å². The first-order valence-corrected chi connectivity index (χ1v) is 4.97. The maximum Gasteiger partial charge on any atom is -0.00940 e. The Morgan fingerprint density at radius 2 is 1.87 bits per heavy atom. The molecule has 0 heteroatoms. The summed E-state index contributed by atoms with van der Waals surface area (Å²) in [7, 11) is 0. The van der Waals surface area contributed by atoms with Crippen LogP contribution in [0.3, 0.4) is 0 Å². The van der Waals surface area contributed by atoms with Crippen LogP contribution in [0.15, 0.2) is 68.3 Å². The molecule has 0 unspecified atom stereocenters. The molecule has 0 saturated carbocycles. The minimum atomic E-state index is 0.874. The fraction of sp³-hybridized carbons (Fsp3) is 0.0667. The molecule has 0 saturated heterocycles. The summed E-state index contributed by atoms with van der Waals surface area (Å²) >= 11 is 0. The van der Waals surface area contributed by atoms with Gasteiger partial charge in [0.15, 0.2) is 0 Å². The molecule has 0 radical (unpaired) electrons. The molecule has 0 heterocycles. The van der Waals surface area contributed by atoms with Gasteiger partial charge in [0.05, 0.1) is 0 Å². The first-order valence-electron chi connectivity index (χ1n) is 4.97. The Bertz CT molecular complexity index is 394. The van der Waals surface area contributed by atoms with Gasteiger partial charge in [-0.2, -0.15) is 0 Å². The van der Waals surface area contributed by atoms with E-state index in [1.807, 2.05) is 30.4 Å². The highest BCUT2D eigenvalue weighted by molar-refractivity contribution is 5.76. The second-order valence-corrected chi connectivity index (χ2v) is 3.21. The number of hydrogen-bond donors (Lipinski definition) is 0. The maximum absolute atomic E-state index is 3.82. The molecule has 0 aliphatic rings. The lowest BCUT2D eigenvalue weighted by Gasteiger charge is -2.07. The van der Waals surface area contributed by atoms with Crippen molar-refractivity contribution in [1.29, 1.82) is 0 Å². The Morgan fingerprint density at radius 3 is 2.47 bits per heavy atom. The van der Waals surface area contributed by atoms with Crippen molar-refractivity contribution >= 4 is 5.57 Å². The Labute approximate surface area is 92.0 Å². The average Bonchev–Trinajstić information content (AvgIpc) is 2.27. The molecule has 0 N–H and O–H groups in total. The first-order chi connectivity index (χ1) is 7.33. The van der Waals surface area contributed by atoms with Crippen LogP contribution >= 0.6 is 0 Å². The SMILES string of the molecule is C=C/C=C(\C=C)c1ccccc1CC=C. The van der Waals surface area contributed by atoms with Crippen LogP contribution in [0.2, 0.25) is 0 Å². The fourth-order valence-electron chi connectivity index (χ4n) is 1.53. The molecule has 0 atom stereocenters. The van der Waals surface area contributed by atoms with Crippen LogP contribution < -0.4 is 0 Å². The van der Waals surface area contributed by atoms with Gasteiger partial charge in [-0.05, 0) is 23.1 Å². The molecule has 1 aromatic carbocycles. The van der Waals surface area contributed by atoms with Crippen molar-refractivity contribution in [2.24, 2.45) is 0 Å². The summed E-state index contributed by atoms with van der Waals surface area (Å²) in [5.41, 5.74) is 3.57. The summed E-state index contributed by atoms with van der Waals surface area (Å²) in [5.74, 6) is 0. The Morgan fingerprint density at radius 1 is 1.13 bits per heavy atom. The quantitative estimate of drug-likeness (QED) is 0.489. The number of rotatable bonds is 5. The maximum atomic E-state index is 3.82. The van der Waals surface area contributed by atoms with E-state index in [4.69, 9.17) is 0 Å². The lowest BCUT2D eigenvalue weighted by Crippen LogP contribution is -1.90. The largest absolute Gasteiger partial charge is 0.103 e. The predicted octanol–water partition coefficient (Wildman–Crippen LogP) is 4.17. The van der Waals surface area contributed by atoms with Gasteiger partial charge in [0.25, 0.3) is 0 Å². The lowest BCUT2D eigenvalue weighted by molar-refractivity contribution is 1.26. The van der Waals surface area contributed by atoms with E-state index in [0.717, 1.165) is 12.0 Å². The summed E-state index contributed by atoms with van der Waals surface area (Å²) < 4.78 is 0. The molecule has 0 aromatic heterocycles. The molecular formula is C15H16. The monoisotopic (exact) mass is 196 g/mol. The summed E-state index contributed by atoms with van der Waals surface area (Å²) in [4.78, 5) is 0. The molecule has 0 aliphatic carbocycles. The zero-order valence-electron chi connectivity index (χ0n) is 8.95. The second-order valence-electron chi connectivity index (χ2n) is 3.21. The van der Waals surface area contributed by atoms with Gasteiger partial charge in [-0.25, -0.2) is 0 Å². The van der Waals surface area contributed by atoms with Gasteiger partial charge in [-0.1, -0.05) is 61.7 Å². The van der Waals surface area contributed by atoms with Crippen LogP contribution in [-0.4, -0.2) is 0 Å². The van der Waals surface area contributed by atoms with Gasteiger partial charge in [-0.3, -0.25) is 0 Å². The number of hydrogen-bond acceptors (Lipinski definition) is 0. The molecule has 0 fully saturated rings. The molecule has 0 bridgehead atoms. The number of allylic oxidation sites excluding steroid dienone is 5. The molecule has 0 amide bonds. The highest BCUT2D eigenvalue weighted by atomic mass is 14.1. The average molecular weight is 196 g/mol. The third-order valence-corrected chi connectivity index (χ3v) is 2.21. The fourth-order valence-corrected chi connectivity index (χ4v) is 1.53. The van der Waals surface area contributed by atoms with Crippen molar-refractivity contribution in [3.05, 3.63) is 79.4 Å². The molecule has 1 aromatic rings. The minimum Gasteiger partial charge on any atom is -0.103 e. The topological polar surface area (TPSA) is 0 Å². The van der Waals surface area contributed by atoms with E-state index in [9.17, 15) is 0 Å². The van der Waals surface area contributed by atoms with Gasteiger partial charge < -0.3 is 0 Å². The highest BCUT2D eigenvalue weighted by Gasteiger charge is 2.01. The van der Waals surface area contributed by atoms with Crippen molar-refractivity contribution in [2.45, 2.75) is 6.42 Å². The Balaban J connectivity index is 3.21. The summed E-state index contributed by atoms with van der Waals surface area (Å²) in [5, 5.41) is 0. The van der Waals surface area contributed by atoms with Crippen molar-refractivity contribution in [2.75, 3.05) is 0 Å². The highest BCUT2D eigenvalue weighted by Crippen LogP contribution is 2.20. The van der Waals surface area contributed by atoms with Gasteiger partial charge in [0.2, 0.25) is 0 Å². The Hall–Kier alpha value is -1.82. The van der Waals surface area contributed by atoms with Crippen molar-refractivity contribution in [3.8, 4) is 0 Å². The third kappa shape index (κ3) is 2.81.